The van der Waals surface area contributed by atoms with Gasteiger partial charge in [0.1, 0.15) is 0 Å². The number of nitrogens with zero attached hydrogens (tertiary/aromatic N) is 1. The molecule has 0 aromatic carbocycles. The molecule has 0 aliphatic carbocycles. The fraction of sp³-hybridized carbons (Fsp3) is 0.909. The van der Waals surface area contributed by atoms with E-state index < -0.39 is 0 Å². The summed E-state index contributed by atoms with van der Waals surface area (Å²) < 4.78 is 0. The first kappa shape index (κ1) is 12.5. The van der Waals surface area contributed by atoms with Gasteiger partial charge in [-0.2, -0.15) is 0 Å². The number of β-amino-alcohol motifs (C(OH)–C–C–N with tert-alkyl or cyclic N) is 1. The Morgan fingerprint density at radius 1 is 1.60 bits per heavy atom. The average Bonchev–Trinajstić information content (AvgIpc) is 2.17. The second-order valence-electron chi connectivity index (χ2n) is 4.49. The average molecular weight is 214 g/mol. The smallest absolute Gasteiger partial charge is 0.223 e. The molecule has 88 valence electrons. The zero-order chi connectivity index (χ0) is 11.3. The van der Waals surface area contributed by atoms with Crippen molar-refractivity contribution in [2.45, 2.75) is 45.3 Å². The molecule has 0 saturated carbocycles. The summed E-state index contributed by atoms with van der Waals surface area (Å²) in [6.45, 7) is 6.17. The molecule has 1 heterocycles. The van der Waals surface area contributed by atoms with Crippen LogP contribution in [0.25, 0.3) is 0 Å². The van der Waals surface area contributed by atoms with Gasteiger partial charge in [0.05, 0.1) is 6.10 Å². The van der Waals surface area contributed by atoms with Crippen molar-refractivity contribution in [2.24, 2.45) is 0 Å². The first-order valence-electron chi connectivity index (χ1n) is 5.79. The Labute approximate surface area is 91.6 Å². The van der Waals surface area contributed by atoms with E-state index in [2.05, 4.69) is 19.2 Å². The molecule has 1 aliphatic heterocycles. The third-order valence-corrected chi connectivity index (χ3v) is 2.64. The van der Waals surface area contributed by atoms with Crippen LogP contribution in [0.3, 0.4) is 0 Å². The Balaban J connectivity index is 2.21. The SMILES string of the molecule is CC(C)NCCC(=O)N1CCCC(O)C1. The normalized spacial score (nSPS) is 22.1. The monoisotopic (exact) mass is 214 g/mol. The van der Waals surface area contributed by atoms with Crippen LogP contribution in [0.4, 0.5) is 0 Å². The van der Waals surface area contributed by atoms with E-state index in [1.807, 2.05) is 0 Å². The number of amides is 1. The molecule has 4 nitrogen and oxygen atoms in total. The molecule has 1 atom stereocenters. The van der Waals surface area contributed by atoms with Gasteiger partial charge in [-0.3, -0.25) is 4.79 Å². The Morgan fingerprint density at radius 2 is 2.33 bits per heavy atom. The van der Waals surface area contributed by atoms with Crippen LogP contribution in [0.5, 0.6) is 0 Å². The van der Waals surface area contributed by atoms with E-state index in [1.165, 1.54) is 0 Å². The number of hydrogen-bond acceptors (Lipinski definition) is 3. The van der Waals surface area contributed by atoms with E-state index in [1.54, 1.807) is 4.90 Å². The summed E-state index contributed by atoms with van der Waals surface area (Å²) in [5.74, 6) is 0.155. The summed E-state index contributed by atoms with van der Waals surface area (Å²) in [4.78, 5) is 13.5. The number of nitrogens with one attached hydrogen (secondary N) is 1. The van der Waals surface area contributed by atoms with Crippen LogP contribution in [0.1, 0.15) is 33.1 Å². The minimum absolute atomic E-state index is 0.155. The van der Waals surface area contributed by atoms with Gasteiger partial charge in [0.25, 0.3) is 0 Å². The van der Waals surface area contributed by atoms with Crippen molar-refractivity contribution in [3.63, 3.8) is 0 Å². The van der Waals surface area contributed by atoms with Crippen LogP contribution in [0.2, 0.25) is 0 Å². The fourth-order valence-electron chi connectivity index (χ4n) is 1.81. The van der Waals surface area contributed by atoms with Gasteiger partial charge in [-0.25, -0.2) is 0 Å². The predicted molar refractivity (Wildman–Crippen MR) is 59.6 cm³/mol. The Kier molecular flexibility index (Phi) is 5.05. The standard InChI is InChI=1S/C11H22N2O2/c1-9(2)12-6-5-11(15)13-7-3-4-10(14)8-13/h9-10,12,14H,3-8H2,1-2H3. The molecule has 1 aliphatic rings. The van der Waals surface area contributed by atoms with Crippen molar-refractivity contribution in [2.75, 3.05) is 19.6 Å². The highest BCUT2D eigenvalue weighted by atomic mass is 16.3. The number of rotatable bonds is 4. The highest BCUT2D eigenvalue weighted by molar-refractivity contribution is 5.76. The number of aliphatic hydroxyl groups excluding tert-OH is 1. The molecule has 4 heteroatoms. The number of carbonyl (C=O) groups excluding carboxylic acids is 1. The quantitative estimate of drug-likeness (QED) is 0.710. The topological polar surface area (TPSA) is 52.6 Å². The largest absolute Gasteiger partial charge is 0.391 e. The molecule has 1 unspecified atom stereocenters. The van der Waals surface area contributed by atoms with E-state index >= 15 is 0 Å². The lowest BCUT2D eigenvalue weighted by Crippen LogP contribution is -2.43. The highest BCUT2D eigenvalue weighted by Crippen LogP contribution is 2.10. The maximum absolute atomic E-state index is 11.7. The van der Waals surface area contributed by atoms with Crippen LogP contribution >= 0.6 is 0 Å². The van der Waals surface area contributed by atoms with Crippen LogP contribution < -0.4 is 5.32 Å². The molecule has 0 aromatic rings. The third kappa shape index (κ3) is 4.62. The summed E-state index contributed by atoms with van der Waals surface area (Å²) in [6, 6.07) is 0.421. The van der Waals surface area contributed by atoms with Crippen molar-refractivity contribution in [3.8, 4) is 0 Å². The van der Waals surface area contributed by atoms with Gasteiger partial charge in [0.15, 0.2) is 0 Å². The van der Waals surface area contributed by atoms with Crippen molar-refractivity contribution >= 4 is 5.91 Å². The van der Waals surface area contributed by atoms with E-state index in [0.29, 0.717) is 19.0 Å². The highest BCUT2D eigenvalue weighted by Gasteiger charge is 2.21. The van der Waals surface area contributed by atoms with E-state index in [4.69, 9.17) is 0 Å². The molecule has 0 spiro atoms. The molecular formula is C11H22N2O2. The van der Waals surface area contributed by atoms with Gasteiger partial charge in [0.2, 0.25) is 5.91 Å². The first-order chi connectivity index (χ1) is 7.09. The Bertz CT molecular complexity index is 207. The second-order valence-corrected chi connectivity index (χ2v) is 4.49. The van der Waals surface area contributed by atoms with Gasteiger partial charge in [-0.15, -0.1) is 0 Å². The zero-order valence-electron chi connectivity index (χ0n) is 9.70. The fourth-order valence-corrected chi connectivity index (χ4v) is 1.81. The number of piperidine rings is 1. The molecule has 1 saturated heterocycles. The van der Waals surface area contributed by atoms with E-state index in [0.717, 1.165) is 25.9 Å². The molecule has 15 heavy (non-hydrogen) atoms. The van der Waals surface area contributed by atoms with Crippen LogP contribution in [-0.2, 0) is 4.79 Å². The van der Waals surface area contributed by atoms with Gasteiger partial charge < -0.3 is 15.3 Å². The molecule has 0 aromatic heterocycles. The number of aliphatic hydroxyl groups is 1. The second kappa shape index (κ2) is 6.08. The lowest BCUT2D eigenvalue weighted by molar-refractivity contribution is -0.134. The summed E-state index contributed by atoms with van der Waals surface area (Å²) in [6.07, 6.45) is 1.96. The Hall–Kier alpha value is -0.610. The lowest BCUT2D eigenvalue weighted by Gasteiger charge is -2.30. The minimum Gasteiger partial charge on any atom is -0.391 e. The maximum Gasteiger partial charge on any atom is 0.223 e. The predicted octanol–water partition coefficient (Wildman–Crippen LogP) is 0.358. The summed E-state index contributed by atoms with van der Waals surface area (Å²) in [7, 11) is 0. The minimum atomic E-state index is -0.319. The van der Waals surface area contributed by atoms with E-state index in [-0.39, 0.29) is 12.0 Å². The van der Waals surface area contributed by atoms with Crippen molar-refractivity contribution in [1.82, 2.24) is 10.2 Å². The third-order valence-electron chi connectivity index (χ3n) is 2.64. The molecule has 1 fully saturated rings. The van der Waals surface area contributed by atoms with Crippen LogP contribution in [0.15, 0.2) is 0 Å². The molecule has 0 radical (unpaired) electrons. The maximum atomic E-state index is 11.7. The van der Waals surface area contributed by atoms with Gasteiger partial charge in [-0.1, -0.05) is 13.8 Å². The molecule has 0 bridgehead atoms. The molecule has 1 amide bonds. The van der Waals surface area contributed by atoms with Crippen molar-refractivity contribution in [1.29, 1.82) is 0 Å². The van der Waals surface area contributed by atoms with Crippen LogP contribution in [-0.4, -0.2) is 47.7 Å². The van der Waals surface area contributed by atoms with Gasteiger partial charge >= 0.3 is 0 Å². The molecule has 1 rings (SSSR count). The van der Waals surface area contributed by atoms with Crippen molar-refractivity contribution < 1.29 is 9.90 Å². The van der Waals surface area contributed by atoms with Crippen molar-refractivity contribution in [3.05, 3.63) is 0 Å². The van der Waals surface area contributed by atoms with Gasteiger partial charge in [-0.05, 0) is 12.8 Å². The Morgan fingerprint density at radius 3 is 2.93 bits per heavy atom. The summed E-state index contributed by atoms with van der Waals surface area (Å²) >= 11 is 0. The zero-order valence-corrected chi connectivity index (χ0v) is 9.70. The number of likely N-dealkylation sites (tertiary alicyclic amines) is 1. The van der Waals surface area contributed by atoms with E-state index in [9.17, 15) is 9.90 Å². The summed E-state index contributed by atoms with van der Waals surface area (Å²) in [5, 5.41) is 12.6. The molecular weight excluding hydrogens is 192 g/mol. The van der Waals surface area contributed by atoms with Crippen LogP contribution in [0, 0.1) is 0 Å². The first-order valence-corrected chi connectivity index (χ1v) is 5.79. The molecule has 2 N–H and O–H groups in total. The lowest BCUT2D eigenvalue weighted by atomic mass is 10.1. The number of hydrogen-bond donors (Lipinski definition) is 2. The van der Waals surface area contributed by atoms with Gasteiger partial charge in [0, 0.05) is 32.1 Å². The number of carbonyl (C=O) groups is 1. The summed E-state index contributed by atoms with van der Waals surface area (Å²) in [5.41, 5.74) is 0.